The highest BCUT2D eigenvalue weighted by Crippen LogP contribution is 2.58. The first kappa shape index (κ1) is 21.9. The normalized spacial score (nSPS) is 22.0. The number of ether oxygens (including phenoxy) is 2. The molecule has 152 valence electrons. The summed E-state index contributed by atoms with van der Waals surface area (Å²) in [4.78, 5) is 38.4. The van der Waals surface area contributed by atoms with Crippen molar-refractivity contribution >= 4 is 25.8 Å². The monoisotopic (exact) mass is 394 g/mol. The van der Waals surface area contributed by atoms with Crippen molar-refractivity contribution in [2.75, 3.05) is 14.2 Å². The fraction of sp³-hybridized carbons (Fsp3) is 0.762. The summed E-state index contributed by atoms with van der Waals surface area (Å²) in [5.41, 5.74) is 0.927. The van der Waals surface area contributed by atoms with Crippen molar-refractivity contribution in [3.05, 3.63) is 10.8 Å². The van der Waals surface area contributed by atoms with Crippen LogP contribution in [0.5, 0.6) is 0 Å². The molecule has 5 nitrogen and oxygen atoms in total. The number of hydrogen-bond acceptors (Lipinski definition) is 5. The average molecular weight is 395 g/mol. The van der Waals surface area contributed by atoms with Gasteiger partial charge in [0.1, 0.15) is 0 Å². The van der Waals surface area contributed by atoms with Gasteiger partial charge in [-0.15, -0.1) is 0 Å². The van der Waals surface area contributed by atoms with E-state index in [2.05, 4.69) is 41.5 Å². The molecule has 0 bridgehead atoms. The van der Waals surface area contributed by atoms with Crippen LogP contribution in [0.2, 0.25) is 16.6 Å². The number of ketones is 1. The fourth-order valence-corrected chi connectivity index (χ4v) is 13.4. The fourth-order valence-electron chi connectivity index (χ4n) is 6.25. The molecule has 2 aliphatic rings. The van der Waals surface area contributed by atoms with Crippen LogP contribution < -0.4 is 0 Å². The Morgan fingerprint density at radius 3 is 1.78 bits per heavy atom. The van der Waals surface area contributed by atoms with Crippen LogP contribution in [-0.4, -0.2) is 40.0 Å². The van der Waals surface area contributed by atoms with E-state index in [-0.39, 0.29) is 18.1 Å². The first-order chi connectivity index (χ1) is 12.5. The predicted octanol–water partition coefficient (Wildman–Crippen LogP) is 4.22. The lowest BCUT2D eigenvalue weighted by Crippen LogP contribution is -2.49. The van der Waals surface area contributed by atoms with Gasteiger partial charge in [-0.1, -0.05) is 47.1 Å². The molecule has 6 heteroatoms. The maximum atomic E-state index is 13.2. The zero-order valence-corrected chi connectivity index (χ0v) is 19.0. The van der Waals surface area contributed by atoms with Gasteiger partial charge in [-0.2, -0.15) is 0 Å². The molecule has 0 saturated heterocycles. The van der Waals surface area contributed by atoms with Crippen molar-refractivity contribution in [3.63, 3.8) is 0 Å². The van der Waals surface area contributed by atoms with Crippen LogP contribution in [0.4, 0.5) is 0 Å². The molecule has 0 aliphatic heterocycles. The molecule has 2 rings (SSSR count). The van der Waals surface area contributed by atoms with Gasteiger partial charge < -0.3 is 9.47 Å². The zero-order chi connectivity index (χ0) is 20.7. The molecule has 1 fully saturated rings. The first-order valence-electron chi connectivity index (χ1n) is 9.94. The third-order valence-electron chi connectivity index (χ3n) is 7.06. The smallest absolute Gasteiger partial charge is 0.323 e. The second kappa shape index (κ2) is 7.53. The van der Waals surface area contributed by atoms with Gasteiger partial charge in [0.05, 0.1) is 22.3 Å². The summed E-state index contributed by atoms with van der Waals surface area (Å²) in [6, 6.07) is 0. The standard InChI is InChI=1S/C21H34O5Si/c1-12(2)27(13(3)4,14(5)6)18-16-11-21(19(23)25-7,20(24)26-8)10-15(16)9-17(18)22/h12-15H,9-11H2,1-8H3. The highest BCUT2D eigenvalue weighted by atomic mass is 28.3. The summed E-state index contributed by atoms with van der Waals surface area (Å²) in [6.07, 6.45) is 0.982. The van der Waals surface area contributed by atoms with Crippen molar-refractivity contribution < 1.29 is 23.9 Å². The average Bonchev–Trinajstić information content (AvgIpc) is 3.09. The van der Waals surface area contributed by atoms with Gasteiger partial charge in [-0.05, 0) is 40.6 Å². The number of methoxy groups -OCH3 is 2. The summed E-state index contributed by atoms with van der Waals surface area (Å²) in [7, 11) is 0.435. The van der Waals surface area contributed by atoms with Crippen LogP contribution in [0.25, 0.3) is 0 Å². The van der Waals surface area contributed by atoms with Crippen molar-refractivity contribution in [2.45, 2.75) is 77.4 Å². The molecule has 27 heavy (non-hydrogen) atoms. The molecule has 0 heterocycles. The summed E-state index contributed by atoms with van der Waals surface area (Å²) in [5, 5.41) is 1.00. The van der Waals surface area contributed by atoms with Crippen LogP contribution in [-0.2, 0) is 23.9 Å². The van der Waals surface area contributed by atoms with Gasteiger partial charge >= 0.3 is 11.9 Å². The Hall–Kier alpha value is -1.43. The van der Waals surface area contributed by atoms with Crippen molar-refractivity contribution in [1.82, 2.24) is 0 Å². The number of carbonyl (C=O) groups is 3. The van der Waals surface area contributed by atoms with Crippen LogP contribution >= 0.6 is 0 Å². The number of carbonyl (C=O) groups excluding carboxylic acids is 3. The Morgan fingerprint density at radius 1 is 0.963 bits per heavy atom. The molecule has 1 saturated carbocycles. The van der Waals surface area contributed by atoms with Crippen molar-refractivity contribution in [3.8, 4) is 0 Å². The van der Waals surface area contributed by atoms with Crippen molar-refractivity contribution in [2.24, 2.45) is 11.3 Å². The number of rotatable bonds is 6. The Labute approximate surface area is 163 Å². The third-order valence-corrected chi connectivity index (χ3v) is 14.3. The van der Waals surface area contributed by atoms with E-state index in [0.29, 0.717) is 29.5 Å². The Balaban J connectivity index is 2.71. The molecular formula is C21H34O5Si. The van der Waals surface area contributed by atoms with E-state index in [1.807, 2.05) is 0 Å². The molecule has 0 radical (unpaired) electrons. The minimum Gasteiger partial charge on any atom is -0.468 e. The van der Waals surface area contributed by atoms with Crippen molar-refractivity contribution in [1.29, 1.82) is 0 Å². The van der Waals surface area contributed by atoms with E-state index in [4.69, 9.17) is 9.47 Å². The lowest BCUT2D eigenvalue weighted by molar-refractivity contribution is -0.168. The highest BCUT2D eigenvalue weighted by Gasteiger charge is 2.61. The Bertz CT molecular complexity index is 636. The minimum atomic E-state index is -2.17. The lowest BCUT2D eigenvalue weighted by atomic mass is 9.84. The van der Waals surface area contributed by atoms with Gasteiger partial charge in [0.15, 0.2) is 11.2 Å². The molecular weight excluding hydrogens is 360 g/mol. The van der Waals surface area contributed by atoms with E-state index >= 15 is 0 Å². The summed E-state index contributed by atoms with van der Waals surface area (Å²) in [6.45, 7) is 13.4. The third kappa shape index (κ3) is 3.00. The molecule has 2 aliphatic carbocycles. The second-order valence-electron chi connectivity index (χ2n) is 9.07. The van der Waals surface area contributed by atoms with Crippen LogP contribution in [0, 0.1) is 11.3 Å². The molecule has 0 aromatic carbocycles. The zero-order valence-electron chi connectivity index (χ0n) is 18.0. The SMILES string of the molecule is COC(=O)C1(C(=O)OC)CC2=C([Si](C(C)C)(C(C)C)C(C)C)C(=O)CC2C1. The van der Waals surface area contributed by atoms with E-state index in [0.717, 1.165) is 10.8 Å². The largest absolute Gasteiger partial charge is 0.468 e. The molecule has 0 aromatic rings. The van der Waals surface area contributed by atoms with Gasteiger partial charge in [0, 0.05) is 6.42 Å². The van der Waals surface area contributed by atoms with E-state index in [9.17, 15) is 14.4 Å². The lowest BCUT2D eigenvalue weighted by Gasteiger charge is -2.44. The summed E-state index contributed by atoms with van der Waals surface area (Å²) in [5.74, 6) is -0.905. The van der Waals surface area contributed by atoms with E-state index < -0.39 is 25.4 Å². The maximum absolute atomic E-state index is 13.2. The van der Waals surface area contributed by atoms with Gasteiger partial charge in [-0.25, -0.2) is 0 Å². The highest BCUT2D eigenvalue weighted by molar-refractivity contribution is 6.93. The summed E-state index contributed by atoms with van der Waals surface area (Å²) >= 11 is 0. The molecule has 1 atom stereocenters. The number of allylic oxidation sites excluding steroid dienone is 2. The predicted molar refractivity (Wildman–Crippen MR) is 107 cm³/mol. The molecule has 0 N–H and O–H groups in total. The number of fused-ring (bicyclic) bond motifs is 1. The molecule has 0 aromatic heterocycles. The minimum absolute atomic E-state index is 0.0474. The number of esters is 2. The summed E-state index contributed by atoms with van der Waals surface area (Å²) < 4.78 is 9.96. The first-order valence-corrected chi connectivity index (χ1v) is 12.2. The maximum Gasteiger partial charge on any atom is 0.323 e. The second-order valence-corrected chi connectivity index (χ2v) is 14.9. The number of hydrogen-bond donors (Lipinski definition) is 0. The van der Waals surface area contributed by atoms with Gasteiger partial charge in [-0.3, -0.25) is 14.4 Å². The van der Waals surface area contributed by atoms with Crippen LogP contribution in [0.15, 0.2) is 10.8 Å². The Kier molecular flexibility index (Phi) is 6.10. The van der Waals surface area contributed by atoms with E-state index in [1.165, 1.54) is 14.2 Å². The quantitative estimate of drug-likeness (QED) is 0.383. The molecule has 0 amide bonds. The van der Waals surface area contributed by atoms with E-state index in [1.54, 1.807) is 0 Å². The number of Topliss-reactive ketones (excluding diaryl/α,β-unsaturated/α-hetero) is 1. The van der Waals surface area contributed by atoms with Gasteiger partial charge in [0.2, 0.25) is 0 Å². The van der Waals surface area contributed by atoms with Crippen LogP contribution in [0.3, 0.4) is 0 Å². The molecule has 0 spiro atoms. The Morgan fingerprint density at radius 2 is 1.41 bits per heavy atom. The van der Waals surface area contributed by atoms with Gasteiger partial charge in [0.25, 0.3) is 0 Å². The van der Waals surface area contributed by atoms with Crippen LogP contribution in [0.1, 0.15) is 60.8 Å². The topological polar surface area (TPSA) is 69.7 Å². The molecule has 1 unspecified atom stereocenters.